The first kappa shape index (κ1) is 20.6. The highest BCUT2D eigenvalue weighted by atomic mass is 32.2. The minimum absolute atomic E-state index is 0.0315. The van der Waals surface area contributed by atoms with Crippen molar-refractivity contribution in [2.75, 3.05) is 12.3 Å². The maximum absolute atomic E-state index is 12.4. The predicted molar refractivity (Wildman–Crippen MR) is 127 cm³/mol. The van der Waals surface area contributed by atoms with Crippen LogP contribution in [0.1, 0.15) is 16.7 Å². The Bertz CT molecular complexity index is 1300. The van der Waals surface area contributed by atoms with Gasteiger partial charge in [-0.3, -0.25) is 9.78 Å². The van der Waals surface area contributed by atoms with Gasteiger partial charge in [-0.05, 0) is 66.9 Å². The lowest BCUT2D eigenvalue weighted by molar-refractivity contribution is -0.118. The van der Waals surface area contributed by atoms with Crippen LogP contribution in [-0.2, 0) is 11.2 Å². The number of benzene rings is 2. The molecule has 0 spiro atoms. The summed E-state index contributed by atoms with van der Waals surface area (Å²) in [6.45, 7) is 4.59. The van der Waals surface area contributed by atoms with Crippen molar-refractivity contribution in [1.29, 1.82) is 0 Å². The van der Waals surface area contributed by atoms with E-state index in [4.69, 9.17) is 4.74 Å². The molecule has 6 nitrogen and oxygen atoms in total. The van der Waals surface area contributed by atoms with Crippen molar-refractivity contribution in [3.63, 3.8) is 0 Å². The minimum Gasteiger partial charge on any atom is -0.488 e. The molecule has 0 fully saturated rings. The van der Waals surface area contributed by atoms with E-state index in [1.807, 2.05) is 43.5 Å². The highest BCUT2D eigenvalue weighted by Crippen LogP contribution is 2.33. The molecule has 32 heavy (non-hydrogen) atoms. The molecule has 4 aromatic rings. The van der Waals surface area contributed by atoms with Crippen LogP contribution in [0.3, 0.4) is 0 Å². The Balaban J connectivity index is 1.14. The van der Waals surface area contributed by atoms with Crippen LogP contribution in [0.2, 0.25) is 0 Å². The number of aromatic nitrogens is 3. The van der Waals surface area contributed by atoms with Crippen LogP contribution in [0.4, 0.5) is 0 Å². The standard InChI is InChI=1S/C25H24N4O2S/c1-15-5-7-20-21(10-15)29-25(28-20)32-14-23(30)27-13-19-12-18-11-17(6-8-22(18)31-19)24-16(2)4-3-9-26-24/h3-11,19H,12-14H2,1-2H3,(H,27,30)(H,28,29). The van der Waals surface area contributed by atoms with Crippen molar-refractivity contribution in [3.05, 3.63) is 71.4 Å². The summed E-state index contributed by atoms with van der Waals surface area (Å²) in [6.07, 6.45) is 2.52. The number of ether oxygens (including phenoxy) is 1. The van der Waals surface area contributed by atoms with Gasteiger partial charge in [0.15, 0.2) is 5.16 Å². The maximum atomic E-state index is 12.4. The lowest BCUT2D eigenvalue weighted by Crippen LogP contribution is -2.35. The molecule has 162 valence electrons. The summed E-state index contributed by atoms with van der Waals surface area (Å²) in [7, 11) is 0. The third-order valence-corrected chi connectivity index (χ3v) is 6.44. The SMILES string of the molecule is Cc1ccc2nc(SCC(=O)NCC3Cc4cc(-c5ncccc5C)ccc4O3)[nH]c2c1. The van der Waals surface area contributed by atoms with Gasteiger partial charge in [0.2, 0.25) is 5.91 Å². The maximum Gasteiger partial charge on any atom is 0.230 e. The van der Waals surface area contributed by atoms with E-state index in [1.165, 1.54) is 17.3 Å². The van der Waals surface area contributed by atoms with Crippen LogP contribution in [-0.4, -0.2) is 39.3 Å². The first-order valence-corrected chi connectivity index (χ1v) is 11.6. The van der Waals surface area contributed by atoms with Crippen LogP contribution in [0.25, 0.3) is 22.3 Å². The fourth-order valence-corrected chi connectivity index (χ4v) is 4.67. The van der Waals surface area contributed by atoms with E-state index in [2.05, 4.69) is 45.4 Å². The number of nitrogens with zero attached hydrogens (tertiary/aromatic N) is 2. The molecular formula is C25H24N4O2S. The number of aryl methyl sites for hydroxylation is 2. The highest BCUT2D eigenvalue weighted by molar-refractivity contribution is 7.99. The van der Waals surface area contributed by atoms with Crippen LogP contribution in [0.5, 0.6) is 5.75 Å². The smallest absolute Gasteiger partial charge is 0.230 e. The van der Waals surface area contributed by atoms with E-state index in [-0.39, 0.29) is 12.0 Å². The number of imidazole rings is 1. The second-order valence-electron chi connectivity index (χ2n) is 8.09. The molecule has 0 saturated carbocycles. The summed E-state index contributed by atoms with van der Waals surface area (Å²) in [5.74, 6) is 1.16. The summed E-state index contributed by atoms with van der Waals surface area (Å²) in [4.78, 5) is 24.7. The molecule has 1 unspecified atom stereocenters. The second-order valence-corrected chi connectivity index (χ2v) is 9.05. The van der Waals surface area contributed by atoms with Crippen molar-refractivity contribution in [1.82, 2.24) is 20.3 Å². The molecule has 0 bridgehead atoms. The summed E-state index contributed by atoms with van der Waals surface area (Å²) >= 11 is 1.40. The number of fused-ring (bicyclic) bond motifs is 2. The molecule has 2 aromatic heterocycles. The summed E-state index contributed by atoms with van der Waals surface area (Å²) in [5.41, 5.74) is 7.46. The predicted octanol–water partition coefficient (Wildman–Crippen LogP) is 4.45. The molecule has 0 saturated heterocycles. The fraction of sp³-hybridized carbons (Fsp3) is 0.240. The van der Waals surface area contributed by atoms with Gasteiger partial charge in [0.25, 0.3) is 0 Å². The van der Waals surface area contributed by atoms with E-state index in [0.717, 1.165) is 50.7 Å². The number of H-pyrrole nitrogens is 1. The van der Waals surface area contributed by atoms with Crippen molar-refractivity contribution in [2.45, 2.75) is 31.5 Å². The third kappa shape index (κ3) is 4.34. The van der Waals surface area contributed by atoms with Crippen molar-refractivity contribution in [2.24, 2.45) is 0 Å². The molecule has 0 radical (unpaired) electrons. The number of hydrogen-bond acceptors (Lipinski definition) is 5. The molecule has 7 heteroatoms. The van der Waals surface area contributed by atoms with Gasteiger partial charge in [-0.1, -0.05) is 23.9 Å². The number of carbonyl (C=O) groups is 1. The van der Waals surface area contributed by atoms with E-state index < -0.39 is 0 Å². The van der Waals surface area contributed by atoms with Gasteiger partial charge in [0.1, 0.15) is 11.9 Å². The number of hydrogen-bond donors (Lipinski definition) is 2. The summed E-state index contributed by atoms with van der Waals surface area (Å²) in [5, 5.41) is 3.74. The number of carbonyl (C=O) groups excluding carboxylic acids is 1. The van der Waals surface area contributed by atoms with Gasteiger partial charge in [0, 0.05) is 18.2 Å². The second kappa shape index (κ2) is 8.67. The average Bonchev–Trinajstić information content (AvgIpc) is 3.39. The molecule has 1 amide bonds. The van der Waals surface area contributed by atoms with Crippen LogP contribution < -0.4 is 10.1 Å². The minimum atomic E-state index is -0.0618. The van der Waals surface area contributed by atoms with E-state index in [0.29, 0.717) is 12.3 Å². The molecule has 3 heterocycles. The van der Waals surface area contributed by atoms with Gasteiger partial charge >= 0.3 is 0 Å². The molecule has 0 aliphatic carbocycles. The van der Waals surface area contributed by atoms with E-state index in [1.54, 1.807) is 0 Å². The van der Waals surface area contributed by atoms with Crippen LogP contribution in [0.15, 0.2) is 59.9 Å². The first-order chi connectivity index (χ1) is 15.5. The average molecular weight is 445 g/mol. The number of rotatable bonds is 6. The molecule has 1 atom stereocenters. The zero-order chi connectivity index (χ0) is 22.1. The molecule has 1 aliphatic heterocycles. The topological polar surface area (TPSA) is 79.9 Å². The number of amides is 1. The Hall–Kier alpha value is -3.32. The normalized spacial score (nSPS) is 14.9. The van der Waals surface area contributed by atoms with Crippen LogP contribution >= 0.6 is 11.8 Å². The van der Waals surface area contributed by atoms with Gasteiger partial charge in [-0.15, -0.1) is 0 Å². The van der Waals surface area contributed by atoms with Gasteiger partial charge in [0.05, 0.1) is 29.0 Å². The van der Waals surface area contributed by atoms with Gasteiger partial charge in [-0.25, -0.2) is 4.98 Å². The number of aromatic amines is 1. The molecule has 2 aromatic carbocycles. The van der Waals surface area contributed by atoms with E-state index >= 15 is 0 Å². The van der Waals surface area contributed by atoms with Crippen LogP contribution in [0, 0.1) is 13.8 Å². The van der Waals surface area contributed by atoms with Gasteiger partial charge in [-0.2, -0.15) is 0 Å². The zero-order valence-electron chi connectivity index (χ0n) is 18.0. The highest BCUT2D eigenvalue weighted by Gasteiger charge is 2.24. The third-order valence-electron chi connectivity index (χ3n) is 5.57. The summed E-state index contributed by atoms with van der Waals surface area (Å²) in [6, 6.07) is 16.3. The lowest BCUT2D eigenvalue weighted by Gasteiger charge is -2.11. The number of thioether (sulfide) groups is 1. The van der Waals surface area contributed by atoms with Crippen molar-refractivity contribution in [3.8, 4) is 17.0 Å². The monoisotopic (exact) mass is 444 g/mol. The Morgan fingerprint density at radius 3 is 3.00 bits per heavy atom. The van der Waals surface area contributed by atoms with Crippen molar-refractivity contribution < 1.29 is 9.53 Å². The molecule has 5 rings (SSSR count). The van der Waals surface area contributed by atoms with Gasteiger partial charge < -0.3 is 15.0 Å². The van der Waals surface area contributed by atoms with Crippen molar-refractivity contribution >= 4 is 28.7 Å². The summed E-state index contributed by atoms with van der Waals surface area (Å²) < 4.78 is 6.03. The molecule has 1 aliphatic rings. The Kier molecular flexibility index (Phi) is 5.57. The Morgan fingerprint density at radius 2 is 2.12 bits per heavy atom. The van der Waals surface area contributed by atoms with E-state index in [9.17, 15) is 4.79 Å². The zero-order valence-corrected chi connectivity index (χ0v) is 18.8. The number of pyridine rings is 1. The lowest BCUT2D eigenvalue weighted by atomic mass is 10.0. The number of nitrogens with one attached hydrogen (secondary N) is 2. The first-order valence-electron chi connectivity index (χ1n) is 10.6. The fourth-order valence-electron chi connectivity index (χ4n) is 3.95. The molecular weight excluding hydrogens is 420 g/mol. The molecule has 2 N–H and O–H groups in total. The Morgan fingerprint density at radius 1 is 1.22 bits per heavy atom. The quantitative estimate of drug-likeness (QED) is 0.430. The largest absolute Gasteiger partial charge is 0.488 e. The Labute approximate surface area is 190 Å².